The van der Waals surface area contributed by atoms with Gasteiger partial charge in [0.2, 0.25) is 0 Å². The van der Waals surface area contributed by atoms with Crippen molar-refractivity contribution in [2.45, 2.75) is 33.6 Å². The second-order valence-electron chi connectivity index (χ2n) is 13.1. The Kier molecular flexibility index (Phi) is 8.18. The smallest absolute Gasteiger partial charge is 0.145 e. The predicted molar refractivity (Wildman–Crippen MR) is 213 cm³/mol. The number of para-hydroxylation sites is 2. The van der Waals surface area contributed by atoms with Crippen LogP contribution in [0.2, 0.25) is 0 Å². The normalized spacial score (nSPS) is 12.9. The van der Waals surface area contributed by atoms with Crippen LogP contribution in [-0.4, -0.2) is 4.57 Å². The van der Waals surface area contributed by atoms with E-state index in [1.165, 1.54) is 33.4 Å². The summed E-state index contributed by atoms with van der Waals surface area (Å²) in [6.45, 7) is 6.60. The van der Waals surface area contributed by atoms with Gasteiger partial charge in [0.05, 0.1) is 16.4 Å². The Morgan fingerprint density at radius 1 is 0.700 bits per heavy atom. The maximum Gasteiger partial charge on any atom is 0.145 e. The summed E-state index contributed by atoms with van der Waals surface area (Å²) in [5.74, 6) is 0. The number of nitrogens with zero attached hydrogens (tertiary/aromatic N) is 1. The molecule has 0 radical (unpaired) electrons. The van der Waals surface area contributed by atoms with E-state index in [4.69, 9.17) is 10.2 Å². The third-order valence-electron chi connectivity index (χ3n) is 9.89. The minimum absolute atomic E-state index is 0.723. The maximum atomic E-state index is 6.87. The van der Waals surface area contributed by atoms with Crippen molar-refractivity contribution < 1.29 is 4.42 Å². The molecule has 0 amide bonds. The number of nitrogens with two attached hydrogens (primary N) is 1. The second-order valence-corrected chi connectivity index (χ2v) is 13.1. The Morgan fingerprint density at radius 2 is 1.42 bits per heavy atom. The summed E-state index contributed by atoms with van der Waals surface area (Å²) in [6, 6.07) is 47.0. The van der Waals surface area contributed by atoms with Crippen molar-refractivity contribution in [2.24, 2.45) is 5.73 Å². The Morgan fingerprint density at radius 3 is 2.24 bits per heavy atom. The zero-order valence-corrected chi connectivity index (χ0v) is 28.8. The van der Waals surface area contributed by atoms with E-state index in [9.17, 15) is 0 Å². The molecule has 244 valence electrons. The predicted octanol–water partition coefficient (Wildman–Crippen LogP) is 12.8. The monoisotopic (exact) mass is 648 g/mol. The highest BCUT2D eigenvalue weighted by atomic mass is 16.3. The quantitative estimate of drug-likeness (QED) is 0.167. The highest BCUT2D eigenvalue weighted by molar-refractivity contribution is 6.24. The molecule has 2 aromatic heterocycles. The Balaban J connectivity index is 1.22. The van der Waals surface area contributed by atoms with Gasteiger partial charge in [-0.1, -0.05) is 123 Å². The first-order chi connectivity index (χ1) is 24.5. The Bertz CT molecular complexity index is 2630. The fourth-order valence-electron chi connectivity index (χ4n) is 7.32. The van der Waals surface area contributed by atoms with Crippen molar-refractivity contribution in [3.8, 4) is 16.8 Å². The number of hydrogen-bond donors (Lipinski definition) is 1. The van der Waals surface area contributed by atoms with Crippen molar-refractivity contribution in [3.63, 3.8) is 0 Å². The molecular weight excluding hydrogens is 609 g/mol. The number of fused-ring (bicyclic) bond motifs is 7. The summed E-state index contributed by atoms with van der Waals surface area (Å²) in [5, 5.41) is 4.51. The van der Waals surface area contributed by atoms with Crippen molar-refractivity contribution in [2.75, 3.05) is 0 Å². The van der Waals surface area contributed by atoms with Crippen LogP contribution in [0.4, 0.5) is 0 Å². The van der Waals surface area contributed by atoms with Crippen molar-refractivity contribution in [1.82, 2.24) is 4.57 Å². The van der Waals surface area contributed by atoms with Gasteiger partial charge >= 0.3 is 0 Å². The molecule has 3 nitrogen and oxygen atoms in total. The molecule has 3 heteroatoms. The molecular formula is C47H40N2O. The zero-order chi connectivity index (χ0) is 34.2. The topological polar surface area (TPSA) is 44.1 Å². The van der Waals surface area contributed by atoms with Gasteiger partial charge in [-0.05, 0) is 102 Å². The molecule has 0 saturated carbocycles. The molecule has 8 aromatic rings. The molecule has 0 aliphatic heterocycles. The van der Waals surface area contributed by atoms with E-state index < -0.39 is 0 Å². The van der Waals surface area contributed by atoms with Gasteiger partial charge in [-0.15, -0.1) is 0 Å². The van der Waals surface area contributed by atoms with E-state index in [1.807, 2.05) is 12.1 Å². The van der Waals surface area contributed by atoms with Crippen molar-refractivity contribution in [3.05, 3.63) is 173 Å². The first kappa shape index (κ1) is 31.2. The fraction of sp³-hybridized carbons (Fsp3) is 0.106. The summed E-state index contributed by atoms with van der Waals surface area (Å²) in [6.07, 6.45) is 8.62. The average Bonchev–Trinajstić information content (AvgIpc) is 3.70. The van der Waals surface area contributed by atoms with Crippen LogP contribution >= 0.6 is 0 Å². The third-order valence-corrected chi connectivity index (χ3v) is 9.89. The van der Waals surface area contributed by atoms with Crippen LogP contribution in [-0.2, 0) is 0 Å². The maximum absolute atomic E-state index is 6.87. The van der Waals surface area contributed by atoms with Gasteiger partial charge in [0.15, 0.2) is 0 Å². The molecule has 0 spiro atoms. The standard InChI is InChI=1S/C47H40N2O/c1-4-14-33(29-34-16-9-11-20-38(34)37-19-10-8-15-32(37)3)31(2)23-27-42(48)35-24-25-41-44(30-35)49(36-17-6-5-7-18-36)43-28-26-40-39-21-12-13-22-45(39)50-47(40)46(41)43/h5-13,15-30H,4,14,48H2,1-3H3/b31-23+,33-29?,42-27-. The number of hydrogen-bond acceptors (Lipinski definition) is 2. The lowest BCUT2D eigenvalue weighted by Gasteiger charge is -2.12. The largest absolute Gasteiger partial charge is 0.455 e. The Hall–Kier alpha value is -6.06. The summed E-state index contributed by atoms with van der Waals surface area (Å²) in [4.78, 5) is 0. The third kappa shape index (κ3) is 5.51. The van der Waals surface area contributed by atoms with Gasteiger partial charge in [-0.2, -0.15) is 0 Å². The molecule has 0 unspecified atom stereocenters. The van der Waals surface area contributed by atoms with E-state index in [-0.39, 0.29) is 0 Å². The summed E-state index contributed by atoms with van der Waals surface area (Å²) >= 11 is 0. The van der Waals surface area contributed by atoms with Gasteiger partial charge < -0.3 is 14.7 Å². The molecule has 0 bridgehead atoms. The molecule has 6 aromatic carbocycles. The number of allylic oxidation sites excluding steroid dienone is 4. The molecule has 0 aliphatic rings. The highest BCUT2D eigenvalue weighted by Crippen LogP contribution is 2.41. The molecule has 0 saturated heterocycles. The fourth-order valence-corrected chi connectivity index (χ4v) is 7.32. The highest BCUT2D eigenvalue weighted by Gasteiger charge is 2.19. The van der Waals surface area contributed by atoms with Crippen LogP contribution in [0.15, 0.2) is 161 Å². The lowest BCUT2D eigenvalue weighted by molar-refractivity contribution is 0.673. The number of aromatic nitrogens is 1. The first-order valence-electron chi connectivity index (χ1n) is 17.5. The molecule has 8 rings (SSSR count). The lowest BCUT2D eigenvalue weighted by atomic mass is 9.92. The molecule has 0 fully saturated rings. The summed E-state index contributed by atoms with van der Waals surface area (Å²) in [5.41, 5.74) is 21.2. The van der Waals surface area contributed by atoms with Crippen molar-refractivity contribution >= 4 is 55.5 Å². The van der Waals surface area contributed by atoms with Gasteiger partial charge in [-0.3, -0.25) is 0 Å². The number of benzene rings is 6. The number of aryl methyl sites for hydroxylation is 1. The molecule has 2 heterocycles. The van der Waals surface area contributed by atoms with Crippen LogP contribution in [0, 0.1) is 6.92 Å². The van der Waals surface area contributed by atoms with Crippen LogP contribution in [0.1, 0.15) is 43.4 Å². The summed E-state index contributed by atoms with van der Waals surface area (Å²) in [7, 11) is 0. The van der Waals surface area contributed by atoms with Crippen LogP contribution in [0.3, 0.4) is 0 Å². The first-order valence-corrected chi connectivity index (χ1v) is 17.5. The van der Waals surface area contributed by atoms with Gasteiger partial charge in [0, 0.05) is 27.5 Å². The zero-order valence-electron chi connectivity index (χ0n) is 28.8. The second kappa shape index (κ2) is 13.1. The van der Waals surface area contributed by atoms with Crippen molar-refractivity contribution in [1.29, 1.82) is 0 Å². The van der Waals surface area contributed by atoms with E-state index in [0.29, 0.717) is 0 Å². The number of furan rings is 1. The average molecular weight is 649 g/mol. The molecule has 2 N–H and O–H groups in total. The Labute approximate surface area is 293 Å². The summed E-state index contributed by atoms with van der Waals surface area (Å²) < 4.78 is 8.85. The SMILES string of the molecule is CCCC(=Cc1ccccc1-c1ccccc1C)/C(C)=C/C=C(\N)c1ccc2c3c4oc5ccccc5c4ccc3n(-c3ccccc3)c2c1. The van der Waals surface area contributed by atoms with Crippen LogP contribution in [0.25, 0.3) is 72.3 Å². The number of rotatable bonds is 8. The van der Waals surface area contributed by atoms with E-state index >= 15 is 0 Å². The molecule has 0 aliphatic carbocycles. The van der Waals surface area contributed by atoms with Gasteiger partial charge in [0.1, 0.15) is 11.2 Å². The molecule has 50 heavy (non-hydrogen) atoms. The van der Waals surface area contributed by atoms with Crippen LogP contribution in [0.5, 0.6) is 0 Å². The van der Waals surface area contributed by atoms with E-state index in [2.05, 4.69) is 165 Å². The molecule has 0 atom stereocenters. The van der Waals surface area contributed by atoms with Crippen LogP contribution < -0.4 is 5.73 Å². The van der Waals surface area contributed by atoms with Gasteiger partial charge in [0.25, 0.3) is 0 Å². The minimum atomic E-state index is 0.723. The lowest BCUT2D eigenvalue weighted by Crippen LogP contribution is -1.98. The van der Waals surface area contributed by atoms with E-state index in [1.54, 1.807) is 0 Å². The minimum Gasteiger partial charge on any atom is -0.455 e. The van der Waals surface area contributed by atoms with E-state index in [0.717, 1.165) is 73.5 Å². The van der Waals surface area contributed by atoms with Gasteiger partial charge in [-0.25, -0.2) is 0 Å².